The van der Waals surface area contributed by atoms with Gasteiger partial charge in [-0.2, -0.15) is 0 Å². The van der Waals surface area contributed by atoms with Gasteiger partial charge in [0, 0.05) is 31.2 Å². The monoisotopic (exact) mass is 286 g/mol. The lowest BCUT2D eigenvalue weighted by Gasteiger charge is -2.46. The first kappa shape index (κ1) is 15.1. The Morgan fingerprint density at radius 2 is 1.76 bits per heavy atom. The van der Waals surface area contributed by atoms with E-state index >= 15 is 0 Å². The van der Waals surface area contributed by atoms with Crippen LogP contribution >= 0.6 is 0 Å². The molecule has 4 unspecified atom stereocenters. The van der Waals surface area contributed by atoms with Crippen LogP contribution < -0.4 is 5.32 Å². The number of benzene rings is 1. The molecule has 1 aliphatic carbocycles. The van der Waals surface area contributed by atoms with E-state index in [0.29, 0.717) is 12.1 Å². The zero-order chi connectivity index (χ0) is 14.7. The van der Waals surface area contributed by atoms with Crippen LogP contribution in [0.2, 0.25) is 0 Å². The maximum atomic E-state index is 3.69. The summed E-state index contributed by atoms with van der Waals surface area (Å²) in [6.07, 6.45) is 7.06. The first-order valence-electron chi connectivity index (χ1n) is 8.80. The Labute approximate surface area is 129 Å². The lowest BCUT2D eigenvalue weighted by molar-refractivity contribution is 0.0531. The van der Waals surface area contributed by atoms with Crippen molar-refractivity contribution in [2.24, 2.45) is 5.92 Å². The van der Waals surface area contributed by atoms with Gasteiger partial charge in [-0.05, 0) is 31.2 Å². The molecule has 1 aromatic rings. The molecule has 1 heterocycles. The molecule has 2 heteroatoms. The Bertz CT molecular complexity index is 430. The van der Waals surface area contributed by atoms with Gasteiger partial charge in [0.05, 0.1) is 0 Å². The van der Waals surface area contributed by atoms with Crippen LogP contribution in [0.1, 0.15) is 57.6 Å². The number of rotatable bonds is 2. The summed E-state index contributed by atoms with van der Waals surface area (Å²) in [6, 6.07) is 13.0. The topological polar surface area (TPSA) is 15.3 Å². The Kier molecular flexibility index (Phi) is 4.97. The summed E-state index contributed by atoms with van der Waals surface area (Å²) in [7, 11) is 0. The first-order chi connectivity index (χ1) is 10.3. The van der Waals surface area contributed by atoms with E-state index in [4.69, 9.17) is 0 Å². The van der Waals surface area contributed by atoms with Gasteiger partial charge in [0.15, 0.2) is 0 Å². The molecule has 2 fully saturated rings. The normalized spacial score (nSPS) is 35.3. The second-order valence-electron chi connectivity index (χ2n) is 7.12. The molecule has 1 aromatic carbocycles. The van der Waals surface area contributed by atoms with Gasteiger partial charge in [0.2, 0.25) is 0 Å². The molecule has 1 aliphatic heterocycles. The second kappa shape index (κ2) is 6.93. The molecule has 4 atom stereocenters. The number of nitrogens with one attached hydrogen (secondary N) is 1. The van der Waals surface area contributed by atoms with Crippen molar-refractivity contribution in [3.8, 4) is 0 Å². The van der Waals surface area contributed by atoms with Crippen molar-refractivity contribution in [2.75, 3.05) is 13.1 Å². The van der Waals surface area contributed by atoms with Gasteiger partial charge < -0.3 is 5.32 Å². The average Bonchev–Trinajstić information content (AvgIpc) is 2.72. The van der Waals surface area contributed by atoms with Crippen molar-refractivity contribution in [1.82, 2.24) is 10.2 Å². The highest BCUT2D eigenvalue weighted by Gasteiger charge is 2.35. The third-order valence-corrected chi connectivity index (χ3v) is 5.47. The van der Waals surface area contributed by atoms with Crippen molar-refractivity contribution >= 4 is 0 Å². The standard InChI is InChI=1S/C19H30N2/c1-15-9-5-3-8-12-18(15)21-14-16(2)20-13-19(21)17-10-6-4-7-11-17/h4,6-7,10-11,15-16,18-20H,3,5,8-9,12-14H2,1-2H3. The fourth-order valence-corrected chi connectivity index (χ4v) is 4.26. The summed E-state index contributed by atoms with van der Waals surface area (Å²) < 4.78 is 0. The maximum Gasteiger partial charge on any atom is 0.0476 e. The highest BCUT2D eigenvalue weighted by molar-refractivity contribution is 5.20. The number of piperazine rings is 1. The third kappa shape index (κ3) is 3.49. The molecular weight excluding hydrogens is 256 g/mol. The molecule has 0 spiro atoms. The van der Waals surface area contributed by atoms with E-state index in [9.17, 15) is 0 Å². The SMILES string of the molecule is CC1CN(C2CCCCCC2C)C(c2ccccc2)CN1. The lowest BCUT2D eigenvalue weighted by Crippen LogP contribution is -2.55. The van der Waals surface area contributed by atoms with Gasteiger partial charge in [0.1, 0.15) is 0 Å². The maximum absolute atomic E-state index is 3.69. The Hall–Kier alpha value is -0.860. The van der Waals surface area contributed by atoms with Crippen LogP contribution in [0.15, 0.2) is 30.3 Å². The fourth-order valence-electron chi connectivity index (χ4n) is 4.26. The largest absolute Gasteiger partial charge is 0.311 e. The molecular formula is C19H30N2. The molecule has 1 N–H and O–H groups in total. The van der Waals surface area contributed by atoms with Crippen molar-refractivity contribution in [3.63, 3.8) is 0 Å². The fraction of sp³-hybridized carbons (Fsp3) is 0.684. The molecule has 1 saturated heterocycles. The predicted octanol–water partition coefficient (Wildman–Crippen LogP) is 3.99. The van der Waals surface area contributed by atoms with E-state index in [-0.39, 0.29) is 0 Å². The molecule has 0 bridgehead atoms. The summed E-state index contributed by atoms with van der Waals surface area (Å²) in [4.78, 5) is 2.83. The molecule has 21 heavy (non-hydrogen) atoms. The van der Waals surface area contributed by atoms with Gasteiger partial charge in [-0.15, -0.1) is 0 Å². The molecule has 0 amide bonds. The average molecular weight is 286 g/mol. The van der Waals surface area contributed by atoms with Gasteiger partial charge in [0.25, 0.3) is 0 Å². The summed E-state index contributed by atoms with van der Waals surface area (Å²) in [6.45, 7) is 7.09. The number of hydrogen-bond acceptors (Lipinski definition) is 2. The minimum atomic E-state index is 0.549. The van der Waals surface area contributed by atoms with Crippen LogP contribution in [0, 0.1) is 5.92 Å². The Morgan fingerprint density at radius 1 is 1.00 bits per heavy atom. The van der Waals surface area contributed by atoms with E-state index in [0.717, 1.165) is 18.5 Å². The molecule has 2 nitrogen and oxygen atoms in total. The Balaban J connectivity index is 1.83. The van der Waals surface area contributed by atoms with E-state index in [1.54, 1.807) is 0 Å². The van der Waals surface area contributed by atoms with Gasteiger partial charge in [-0.25, -0.2) is 0 Å². The third-order valence-electron chi connectivity index (χ3n) is 5.47. The lowest BCUT2D eigenvalue weighted by atomic mass is 9.90. The van der Waals surface area contributed by atoms with Crippen molar-refractivity contribution in [2.45, 2.75) is 64.1 Å². The predicted molar refractivity (Wildman–Crippen MR) is 89.4 cm³/mol. The van der Waals surface area contributed by atoms with Crippen LogP contribution in [0.4, 0.5) is 0 Å². The van der Waals surface area contributed by atoms with Crippen LogP contribution in [-0.2, 0) is 0 Å². The zero-order valence-corrected chi connectivity index (χ0v) is 13.6. The van der Waals surface area contributed by atoms with E-state index < -0.39 is 0 Å². The molecule has 3 rings (SSSR count). The first-order valence-corrected chi connectivity index (χ1v) is 8.80. The molecule has 1 saturated carbocycles. The molecule has 2 aliphatic rings. The highest BCUT2D eigenvalue weighted by atomic mass is 15.3. The van der Waals surface area contributed by atoms with Crippen molar-refractivity contribution in [1.29, 1.82) is 0 Å². The molecule has 116 valence electrons. The Morgan fingerprint density at radius 3 is 2.57 bits per heavy atom. The number of hydrogen-bond donors (Lipinski definition) is 1. The minimum Gasteiger partial charge on any atom is -0.311 e. The van der Waals surface area contributed by atoms with E-state index in [2.05, 4.69) is 54.4 Å². The summed E-state index contributed by atoms with van der Waals surface area (Å²) in [5.41, 5.74) is 1.48. The molecule has 0 aromatic heterocycles. The van der Waals surface area contributed by atoms with Crippen LogP contribution in [0.25, 0.3) is 0 Å². The molecule has 0 radical (unpaired) electrons. The van der Waals surface area contributed by atoms with Gasteiger partial charge in [-0.3, -0.25) is 4.90 Å². The van der Waals surface area contributed by atoms with Gasteiger partial charge in [-0.1, -0.05) is 56.5 Å². The summed E-state index contributed by atoms with van der Waals surface area (Å²) in [5, 5.41) is 3.69. The second-order valence-corrected chi connectivity index (χ2v) is 7.12. The van der Waals surface area contributed by atoms with Crippen LogP contribution in [-0.4, -0.2) is 30.1 Å². The van der Waals surface area contributed by atoms with E-state index in [1.165, 1.54) is 44.2 Å². The van der Waals surface area contributed by atoms with E-state index in [1.807, 2.05) is 0 Å². The van der Waals surface area contributed by atoms with Crippen molar-refractivity contribution < 1.29 is 0 Å². The highest BCUT2D eigenvalue weighted by Crippen LogP contribution is 2.34. The summed E-state index contributed by atoms with van der Waals surface area (Å²) >= 11 is 0. The zero-order valence-electron chi connectivity index (χ0n) is 13.6. The van der Waals surface area contributed by atoms with Crippen molar-refractivity contribution in [3.05, 3.63) is 35.9 Å². The van der Waals surface area contributed by atoms with Crippen LogP contribution in [0.3, 0.4) is 0 Å². The summed E-state index contributed by atoms with van der Waals surface area (Å²) in [5.74, 6) is 0.837. The minimum absolute atomic E-state index is 0.549. The van der Waals surface area contributed by atoms with Crippen LogP contribution in [0.5, 0.6) is 0 Å². The van der Waals surface area contributed by atoms with Gasteiger partial charge >= 0.3 is 0 Å². The number of nitrogens with zero attached hydrogens (tertiary/aromatic N) is 1. The quantitative estimate of drug-likeness (QED) is 0.827. The smallest absolute Gasteiger partial charge is 0.0476 e.